The van der Waals surface area contributed by atoms with E-state index in [-0.39, 0.29) is 0 Å². The molecule has 0 radical (unpaired) electrons. The molecule has 31 heavy (non-hydrogen) atoms. The van der Waals surface area contributed by atoms with Gasteiger partial charge >= 0.3 is 0 Å². The topological polar surface area (TPSA) is 37.4 Å². The third kappa shape index (κ3) is 5.25. The maximum atomic E-state index is 12.9. The van der Waals surface area contributed by atoms with Gasteiger partial charge in [0, 0.05) is 13.1 Å². The Bertz CT molecular complexity index is 1070. The molecule has 0 aliphatic carbocycles. The molecule has 0 bridgehead atoms. The molecule has 3 nitrogen and oxygen atoms in total. The Labute approximate surface area is 186 Å². The minimum absolute atomic E-state index is 0.418. The SMILES string of the molecule is CCc1ccc(S(=O)(=O)N2CCC(CCc3ccc(-c4ccccc4)cc3)CC2)cc1. The minimum Gasteiger partial charge on any atom is -0.207 e. The summed E-state index contributed by atoms with van der Waals surface area (Å²) in [4.78, 5) is 0.418. The van der Waals surface area contributed by atoms with Crippen LogP contribution in [0.15, 0.2) is 83.8 Å². The Balaban J connectivity index is 1.29. The highest BCUT2D eigenvalue weighted by Gasteiger charge is 2.29. The van der Waals surface area contributed by atoms with E-state index in [1.54, 1.807) is 16.4 Å². The quantitative estimate of drug-likeness (QED) is 0.462. The van der Waals surface area contributed by atoms with Crippen LogP contribution >= 0.6 is 0 Å². The number of benzene rings is 3. The van der Waals surface area contributed by atoms with E-state index in [0.717, 1.165) is 37.7 Å². The summed E-state index contributed by atoms with van der Waals surface area (Å²) in [5, 5.41) is 0. The molecule has 3 aromatic carbocycles. The summed E-state index contributed by atoms with van der Waals surface area (Å²) in [6.07, 6.45) is 4.96. The van der Waals surface area contributed by atoms with Gasteiger partial charge in [-0.25, -0.2) is 8.42 Å². The lowest BCUT2D eigenvalue weighted by Crippen LogP contribution is -2.38. The van der Waals surface area contributed by atoms with Gasteiger partial charge in [-0.3, -0.25) is 0 Å². The van der Waals surface area contributed by atoms with E-state index in [2.05, 4.69) is 55.5 Å². The molecule has 0 atom stereocenters. The van der Waals surface area contributed by atoms with E-state index in [0.29, 0.717) is 23.9 Å². The second kappa shape index (κ2) is 9.80. The summed E-state index contributed by atoms with van der Waals surface area (Å²) in [6.45, 7) is 3.32. The van der Waals surface area contributed by atoms with Crippen molar-refractivity contribution in [3.63, 3.8) is 0 Å². The van der Waals surface area contributed by atoms with Gasteiger partial charge in [-0.05, 0) is 72.4 Å². The maximum Gasteiger partial charge on any atom is 0.243 e. The number of hydrogen-bond acceptors (Lipinski definition) is 2. The van der Waals surface area contributed by atoms with Crippen molar-refractivity contribution >= 4 is 10.0 Å². The lowest BCUT2D eigenvalue weighted by atomic mass is 9.91. The predicted molar refractivity (Wildman–Crippen MR) is 128 cm³/mol. The first kappa shape index (κ1) is 21.8. The van der Waals surface area contributed by atoms with Gasteiger partial charge in [-0.2, -0.15) is 4.31 Å². The van der Waals surface area contributed by atoms with E-state index in [1.807, 2.05) is 18.2 Å². The molecular weight excluding hydrogens is 402 g/mol. The molecule has 4 heteroatoms. The predicted octanol–water partition coefficient (Wildman–Crippen LogP) is 5.95. The number of nitrogens with zero attached hydrogens (tertiary/aromatic N) is 1. The molecule has 1 heterocycles. The Morgan fingerprint density at radius 1 is 0.774 bits per heavy atom. The summed E-state index contributed by atoms with van der Waals surface area (Å²) >= 11 is 0. The third-order valence-corrected chi connectivity index (χ3v) is 8.36. The fourth-order valence-electron chi connectivity index (χ4n) is 4.35. The normalized spacial score (nSPS) is 15.8. The first-order valence-corrected chi connectivity index (χ1v) is 12.7. The van der Waals surface area contributed by atoms with Crippen LogP contribution in [0.25, 0.3) is 11.1 Å². The monoisotopic (exact) mass is 433 g/mol. The van der Waals surface area contributed by atoms with Crippen LogP contribution in [-0.4, -0.2) is 25.8 Å². The molecule has 1 saturated heterocycles. The van der Waals surface area contributed by atoms with Gasteiger partial charge in [0.25, 0.3) is 0 Å². The molecule has 162 valence electrons. The van der Waals surface area contributed by atoms with Crippen molar-refractivity contribution in [1.82, 2.24) is 4.31 Å². The second-order valence-electron chi connectivity index (χ2n) is 8.45. The summed E-state index contributed by atoms with van der Waals surface area (Å²) in [5.41, 5.74) is 5.00. The van der Waals surface area contributed by atoms with Gasteiger partial charge in [-0.1, -0.05) is 73.7 Å². The molecule has 0 unspecified atom stereocenters. The van der Waals surface area contributed by atoms with Crippen LogP contribution in [0.5, 0.6) is 0 Å². The molecule has 1 aliphatic rings. The average Bonchev–Trinajstić information content (AvgIpc) is 2.84. The molecule has 4 rings (SSSR count). The first-order valence-electron chi connectivity index (χ1n) is 11.3. The fraction of sp³-hybridized carbons (Fsp3) is 0.333. The van der Waals surface area contributed by atoms with Crippen molar-refractivity contribution in [2.24, 2.45) is 5.92 Å². The van der Waals surface area contributed by atoms with Crippen molar-refractivity contribution in [2.75, 3.05) is 13.1 Å². The molecule has 0 aromatic heterocycles. The van der Waals surface area contributed by atoms with Crippen LogP contribution in [0.4, 0.5) is 0 Å². The molecule has 1 aliphatic heterocycles. The Morgan fingerprint density at radius 3 is 1.97 bits per heavy atom. The number of rotatable bonds is 7. The molecule has 0 N–H and O–H groups in total. The van der Waals surface area contributed by atoms with Crippen molar-refractivity contribution in [2.45, 2.75) is 43.9 Å². The molecule has 0 saturated carbocycles. The third-order valence-electron chi connectivity index (χ3n) is 6.45. The maximum absolute atomic E-state index is 12.9. The molecule has 0 amide bonds. The zero-order valence-corrected chi connectivity index (χ0v) is 19.0. The van der Waals surface area contributed by atoms with Crippen LogP contribution in [-0.2, 0) is 22.9 Å². The highest BCUT2D eigenvalue weighted by Crippen LogP contribution is 2.27. The summed E-state index contributed by atoms with van der Waals surface area (Å²) < 4.78 is 27.6. The van der Waals surface area contributed by atoms with Gasteiger partial charge in [-0.15, -0.1) is 0 Å². The highest BCUT2D eigenvalue weighted by molar-refractivity contribution is 7.89. The van der Waals surface area contributed by atoms with Crippen LogP contribution in [0.1, 0.15) is 37.3 Å². The van der Waals surface area contributed by atoms with Gasteiger partial charge in [0.05, 0.1) is 4.90 Å². The molecular formula is C27H31NO2S. The molecule has 1 fully saturated rings. The summed E-state index contributed by atoms with van der Waals surface area (Å²) in [6, 6.07) is 26.6. The summed E-state index contributed by atoms with van der Waals surface area (Å²) in [5.74, 6) is 0.586. The van der Waals surface area contributed by atoms with E-state index in [9.17, 15) is 8.42 Å². The van der Waals surface area contributed by atoms with Crippen LogP contribution < -0.4 is 0 Å². The van der Waals surface area contributed by atoms with Gasteiger partial charge in [0.2, 0.25) is 10.0 Å². The van der Waals surface area contributed by atoms with Crippen molar-refractivity contribution in [1.29, 1.82) is 0 Å². The van der Waals surface area contributed by atoms with Crippen molar-refractivity contribution in [3.05, 3.63) is 90.0 Å². The van der Waals surface area contributed by atoms with Crippen LogP contribution in [0.3, 0.4) is 0 Å². The summed E-state index contributed by atoms with van der Waals surface area (Å²) in [7, 11) is -3.38. The standard InChI is InChI=1S/C27H31NO2S/c1-2-22-12-16-27(17-13-22)31(29,30)28-20-18-24(19-21-28)9-8-23-10-14-26(15-11-23)25-6-4-3-5-7-25/h3-7,10-17,24H,2,8-9,18-21H2,1H3. The zero-order valence-electron chi connectivity index (χ0n) is 18.2. The fourth-order valence-corrected chi connectivity index (χ4v) is 5.82. The largest absolute Gasteiger partial charge is 0.243 e. The smallest absolute Gasteiger partial charge is 0.207 e. The second-order valence-corrected chi connectivity index (χ2v) is 10.4. The van der Waals surface area contributed by atoms with Crippen LogP contribution in [0.2, 0.25) is 0 Å². The minimum atomic E-state index is -3.38. The van der Waals surface area contributed by atoms with Gasteiger partial charge in [0.1, 0.15) is 0 Å². The van der Waals surface area contributed by atoms with E-state index in [1.165, 1.54) is 16.7 Å². The van der Waals surface area contributed by atoms with Crippen molar-refractivity contribution in [3.8, 4) is 11.1 Å². The number of piperidine rings is 1. The van der Waals surface area contributed by atoms with Crippen LogP contribution in [0, 0.1) is 5.92 Å². The molecule has 0 spiro atoms. The Hall–Kier alpha value is -2.43. The lowest BCUT2D eigenvalue weighted by Gasteiger charge is -2.31. The zero-order chi connectivity index (χ0) is 21.7. The first-order chi connectivity index (χ1) is 15.1. The lowest BCUT2D eigenvalue weighted by molar-refractivity contribution is 0.263. The number of hydrogen-bond donors (Lipinski definition) is 0. The Kier molecular flexibility index (Phi) is 6.89. The van der Waals surface area contributed by atoms with Gasteiger partial charge in [0.15, 0.2) is 0 Å². The Morgan fingerprint density at radius 2 is 1.35 bits per heavy atom. The van der Waals surface area contributed by atoms with Crippen molar-refractivity contribution < 1.29 is 8.42 Å². The van der Waals surface area contributed by atoms with E-state index in [4.69, 9.17) is 0 Å². The number of sulfonamides is 1. The number of aryl methyl sites for hydroxylation is 2. The van der Waals surface area contributed by atoms with Gasteiger partial charge < -0.3 is 0 Å². The van der Waals surface area contributed by atoms with E-state index >= 15 is 0 Å². The van der Waals surface area contributed by atoms with E-state index < -0.39 is 10.0 Å². The highest BCUT2D eigenvalue weighted by atomic mass is 32.2. The average molecular weight is 434 g/mol. The molecule has 3 aromatic rings.